The summed E-state index contributed by atoms with van der Waals surface area (Å²) in [6.45, 7) is 7.71. The van der Waals surface area contributed by atoms with Gasteiger partial charge in [0.15, 0.2) is 0 Å². The van der Waals surface area contributed by atoms with Crippen molar-refractivity contribution in [1.82, 2.24) is 9.97 Å². The molecule has 6 nitrogen and oxygen atoms in total. The molecule has 1 aromatic heterocycles. The van der Waals surface area contributed by atoms with Crippen molar-refractivity contribution in [3.05, 3.63) is 21.1 Å². The second-order valence-corrected chi connectivity index (χ2v) is 4.98. The summed E-state index contributed by atoms with van der Waals surface area (Å²) < 4.78 is 0. The fraction of sp³-hybridized carbons (Fsp3) is 0.667. The van der Waals surface area contributed by atoms with Gasteiger partial charge in [0.2, 0.25) is 11.1 Å². The molecule has 0 saturated heterocycles. The normalized spacial score (nSPS) is 11.1. The second-order valence-electron chi connectivity index (χ2n) is 4.64. The molecule has 1 aromatic rings. The van der Waals surface area contributed by atoms with E-state index in [4.69, 9.17) is 11.6 Å². The second kappa shape index (κ2) is 6.65. The zero-order chi connectivity index (χ0) is 14.6. The van der Waals surface area contributed by atoms with Crippen LogP contribution in [0.15, 0.2) is 0 Å². The lowest BCUT2D eigenvalue weighted by Crippen LogP contribution is -2.20. The highest BCUT2D eigenvalue weighted by Crippen LogP contribution is 2.32. The Balaban J connectivity index is 3.32. The molecule has 0 radical (unpaired) electrons. The van der Waals surface area contributed by atoms with Gasteiger partial charge in [0.1, 0.15) is 5.69 Å². The van der Waals surface area contributed by atoms with Gasteiger partial charge in [0.05, 0.1) is 4.92 Å². The molecular formula is C12H19ClN4O2. The summed E-state index contributed by atoms with van der Waals surface area (Å²) in [5.74, 6) is 0.116. The number of rotatable bonds is 6. The largest absolute Gasteiger partial charge is 0.361 e. The van der Waals surface area contributed by atoms with E-state index in [0.717, 1.165) is 12.8 Å². The van der Waals surface area contributed by atoms with Crippen LogP contribution in [0.1, 0.15) is 52.1 Å². The summed E-state index contributed by atoms with van der Waals surface area (Å²) in [6, 6.07) is 0.129. The molecule has 0 amide bonds. The average Bonchev–Trinajstić information content (AvgIpc) is 2.34. The fourth-order valence-electron chi connectivity index (χ4n) is 1.81. The molecule has 0 spiro atoms. The third-order valence-electron chi connectivity index (χ3n) is 2.94. The van der Waals surface area contributed by atoms with Gasteiger partial charge in [-0.05, 0) is 24.4 Å². The molecule has 0 atom stereocenters. The van der Waals surface area contributed by atoms with E-state index >= 15 is 0 Å². The number of halogens is 1. The van der Waals surface area contributed by atoms with Crippen molar-refractivity contribution in [3.8, 4) is 0 Å². The van der Waals surface area contributed by atoms with E-state index in [2.05, 4.69) is 15.3 Å². The summed E-state index contributed by atoms with van der Waals surface area (Å²) in [6.07, 6.45) is 1.71. The molecule has 0 aliphatic rings. The topological polar surface area (TPSA) is 81.0 Å². The van der Waals surface area contributed by atoms with Crippen LogP contribution in [0.3, 0.4) is 0 Å². The number of hydrogen-bond donors (Lipinski definition) is 1. The molecule has 1 rings (SSSR count). The van der Waals surface area contributed by atoms with Crippen molar-refractivity contribution in [3.63, 3.8) is 0 Å². The van der Waals surface area contributed by atoms with Gasteiger partial charge in [-0.15, -0.1) is 0 Å². The maximum absolute atomic E-state index is 11.3. The van der Waals surface area contributed by atoms with Gasteiger partial charge in [-0.1, -0.05) is 27.7 Å². The van der Waals surface area contributed by atoms with E-state index in [9.17, 15) is 10.1 Å². The van der Waals surface area contributed by atoms with Crippen LogP contribution in [-0.2, 0) is 0 Å². The van der Waals surface area contributed by atoms with E-state index < -0.39 is 4.92 Å². The van der Waals surface area contributed by atoms with Crippen molar-refractivity contribution in [1.29, 1.82) is 0 Å². The molecule has 0 bridgehead atoms. The number of anilines is 1. The summed E-state index contributed by atoms with van der Waals surface area (Å²) in [5.41, 5.74) is 0.282. The standard InChI is InChI=1S/C12H19ClN4O2/c1-5-8(6-2)14-11-10(17(18)19)9(7(3)4)15-12(13)16-11/h7-8H,5-6H2,1-4H3,(H,14,15,16). The van der Waals surface area contributed by atoms with E-state index in [1.54, 1.807) is 0 Å². The van der Waals surface area contributed by atoms with Crippen molar-refractivity contribution >= 4 is 23.1 Å². The van der Waals surface area contributed by atoms with Gasteiger partial charge in [0.25, 0.3) is 0 Å². The van der Waals surface area contributed by atoms with E-state index in [-0.39, 0.29) is 28.7 Å². The van der Waals surface area contributed by atoms with Gasteiger partial charge >= 0.3 is 5.69 Å². The molecule has 19 heavy (non-hydrogen) atoms. The smallest absolute Gasteiger partial charge is 0.333 e. The quantitative estimate of drug-likeness (QED) is 0.489. The van der Waals surface area contributed by atoms with Crippen LogP contribution in [0.25, 0.3) is 0 Å². The lowest BCUT2D eigenvalue weighted by atomic mass is 10.1. The maximum Gasteiger partial charge on any atom is 0.333 e. The van der Waals surface area contributed by atoms with Crippen molar-refractivity contribution < 1.29 is 4.92 Å². The van der Waals surface area contributed by atoms with Gasteiger partial charge in [-0.3, -0.25) is 10.1 Å². The molecule has 7 heteroatoms. The Bertz CT molecular complexity index is 461. The number of aromatic nitrogens is 2. The Labute approximate surface area is 117 Å². The monoisotopic (exact) mass is 286 g/mol. The third-order valence-corrected chi connectivity index (χ3v) is 3.11. The highest BCUT2D eigenvalue weighted by atomic mass is 35.5. The van der Waals surface area contributed by atoms with Crippen LogP contribution in [0.5, 0.6) is 0 Å². The minimum atomic E-state index is -0.448. The van der Waals surface area contributed by atoms with Crippen LogP contribution >= 0.6 is 11.6 Å². The van der Waals surface area contributed by atoms with Crippen LogP contribution in [0.4, 0.5) is 11.5 Å². The van der Waals surface area contributed by atoms with Crippen LogP contribution < -0.4 is 5.32 Å². The van der Waals surface area contributed by atoms with Gasteiger partial charge in [-0.2, -0.15) is 4.98 Å². The lowest BCUT2D eigenvalue weighted by molar-refractivity contribution is -0.385. The Kier molecular flexibility index (Phi) is 5.47. The summed E-state index contributed by atoms with van der Waals surface area (Å²) in [5, 5.41) is 14.4. The Hall–Kier alpha value is -1.43. The summed E-state index contributed by atoms with van der Waals surface area (Å²) >= 11 is 5.86. The number of nitrogens with zero attached hydrogens (tertiary/aromatic N) is 3. The first kappa shape index (κ1) is 15.6. The number of nitro groups is 1. The molecule has 0 fully saturated rings. The van der Waals surface area contributed by atoms with E-state index in [0.29, 0.717) is 5.69 Å². The first-order valence-corrected chi connectivity index (χ1v) is 6.76. The first-order chi connectivity index (χ1) is 8.90. The highest BCUT2D eigenvalue weighted by molar-refractivity contribution is 6.28. The van der Waals surface area contributed by atoms with Gasteiger partial charge in [0, 0.05) is 12.0 Å². The number of hydrogen-bond acceptors (Lipinski definition) is 5. The highest BCUT2D eigenvalue weighted by Gasteiger charge is 2.27. The predicted octanol–water partition coefficient (Wildman–Crippen LogP) is 3.76. The molecule has 1 N–H and O–H groups in total. The van der Waals surface area contributed by atoms with Crippen LogP contribution in [0.2, 0.25) is 5.28 Å². The minimum absolute atomic E-state index is 0.0303. The molecule has 1 heterocycles. The lowest BCUT2D eigenvalue weighted by Gasteiger charge is -2.17. The predicted molar refractivity (Wildman–Crippen MR) is 75.8 cm³/mol. The zero-order valence-electron chi connectivity index (χ0n) is 11.6. The Morgan fingerprint density at radius 3 is 2.32 bits per heavy atom. The molecule has 0 aromatic carbocycles. The Morgan fingerprint density at radius 1 is 1.32 bits per heavy atom. The fourth-order valence-corrected chi connectivity index (χ4v) is 1.99. The molecule has 106 valence electrons. The maximum atomic E-state index is 11.3. The van der Waals surface area contributed by atoms with E-state index in [1.807, 2.05) is 27.7 Å². The molecule has 0 aliphatic carbocycles. The van der Waals surface area contributed by atoms with Crippen LogP contribution in [0, 0.1) is 10.1 Å². The first-order valence-electron chi connectivity index (χ1n) is 6.38. The number of nitrogens with one attached hydrogen (secondary N) is 1. The SMILES string of the molecule is CCC(CC)Nc1nc(Cl)nc(C(C)C)c1[N+](=O)[O-]. The summed E-state index contributed by atoms with van der Waals surface area (Å²) in [4.78, 5) is 18.8. The third kappa shape index (κ3) is 3.76. The average molecular weight is 287 g/mol. The Morgan fingerprint density at radius 2 is 1.89 bits per heavy atom. The van der Waals surface area contributed by atoms with Gasteiger partial charge < -0.3 is 5.32 Å². The van der Waals surface area contributed by atoms with Gasteiger partial charge in [-0.25, -0.2) is 4.98 Å². The van der Waals surface area contributed by atoms with Crippen molar-refractivity contribution in [2.75, 3.05) is 5.32 Å². The molecular weight excluding hydrogens is 268 g/mol. The van der Waals surface area contributed by atoms with Crippen LogP contribution in [-0.4, -0.2) is 20.9 Å². The zero-order valence-corrected chi connectivity index (χ0v) is 12.4. The molecule has 0 aliphatic heterocycles. The molecule has 0 unspecified atom stereocenters. The molecule has 0 saturated carbocycles. The van der Waals surface area contributed by atoms with Crippen molar-refractivity contribution in [2.45, 2.75) is 52.5 Å². The van der Waals surface area contributed by atoms with E-state index in [1.165, 1.54) is 0 Å². The summed E-state index contributed by atoms with van der Waals surface area (Å²) in [7, 11) is 0. The van der Waals surface area contributed by atoms with Crippen molar-refractivity contribution in [2.24, 2.45) is 0 Å². The minimum Gasteiger partial charge on any atom is -0.361 e.